The molecule has 0 saturated carbocycles. The van der Waals surface area contributed by atoms with E-state index in [0.717, 1.165) is 14.7 Å². The molecule has 0 atom stereocenters. The normalized spacial score (nSPS) is 15.2. The number of hydrogen-bond donors (Lipinski definition) is 0. The fourth-order valence-corrected chi connectivity index (χ4v) is 3.04. The third-order valence-electron chi connectivity index (χ3n) is 3.73. The topological polar surface area (TPSA) is 51.8 Å². The summed E-state index contributed by atoms with van der Waals surface area (Å²) in [7, 11) is 0. The van der Waals surface area contributed by atoms with E-state index in [1.54, 1.807) is 18.2 Å². The molecule has 0 spiro atoms. The Morgan fingerprint density at radius 3 is 2.58 bits per heavy atom. The molecule has 4 nitrogen and oxygen atoms in total. The van der Waals surface area contributed by atoms with Crippen LogP contribution in [0.1, 0.15) is 11.3 Å². The highest BCUT2D eigenvalue weighted by Crippen LogP contribution is 2.27. The van der Waals surface area contributed by atoms with Gasteiger partial charge >= 0.3 is 5.97 Å². The van der Waals surface area contributed by atoms with Gasteiger partial charge in [-0.2, -0.15) is 0 Å². The van der Waals surface area contributed by atoms with Gasteiger partial charge in [-0.1, -0.05) is 23.7 Å². The Balaban J connectivity index is 1.62. The van der Waals surface area contributed by atoms with Gasteiger partial charge < -0.3 is 9.15 Å². The van der Waals surface area contributed by atoms with E-state index in [4.69, 9.17) is 20.8 Å². The minimum absolute atomic E-state index is 0.200. The molecule has 2 aromatic carbocycles. The molecule has 0 bridgehead atoms. The van der Waals surface area contributed by atoms with Crippen LogP contribution in [0.15, 0.2) is 75.8 Å². The first-order chi connectivity index (χ1) is 12.6. The Morgan fingerprint density at radius 2 is 1.81 bits per heavy atom. The van der Waals surface area contributed by atoms with Crippen LogP contribution in [-0.2, 0) is 9.53 Å². The lowest BCUT2D eigenvalue weighted by Gasteiger charge is -1.98. The second-order valence-electron chi connectivity index (χ2n) is 5.56. The summed E-state index contributed by atoms with van der Waals surface area (Å²) < 4.78 is 12.1. The summed E-state index contributed by atoms with van der Waals surface area (Å²) in [6.45, 7) is 0. The molecular weight excluding hydrogens is 465 g/mol. The number of hydrogen-bond acceptors (Lipinski definition) is 4. The maximum Gasteiger partial charge on any atom is 0.363 e. The lowest BCUT2D eigenvalue weighted by molar-refractivity contribution is -0.129. The summed E-state index contributed by atoms with van der Waals surface area (Å²) in [5.74, 6) is 0.964. The van der Waals surface area contributed by atoms with Crippen LogP contribution < -0.4 is 0 Å². The van der Waals surface area contributed by atoms with Crippen LogP contribution in [0.2, 0.25) is 5.02 Å². The van der Waals surface area contributed by atoms with E-state index >= 15 is 0 Å². The van der Waals surface area contributed by atoms with Crippen LogP contribution in [0.5, 0.6) is 0 Å². The Labute approximate surface area is 168 Å². The first kappa shape index (κ1) is 17.1. The highest BCUT2D eigenvalue weighted by molar-refractivity contribution is 14.1. The van der Waals surface area contributed by atoms with Crippen molar-refractivity contribution in [2.75, 3.05) is 0 Å². The quantitative estimate of drug-likeness (QED) is 0.284. The van der Waals surface area contributed by atoms with Gasteiger partial charge in [0.1, 0.15) is 11.5 Å². The summed E-state index contributed by atoms with van der Waals surface area (Å²) in [6, 6.07) is 18.5. The van der Waals surface area contributed by atoms with Crippen molar-refractivity contribution in [3.05, 3.63) is 86.3 Å². The van der Waals surface area contributed by atoms with Gasteiger partial charge in [0.05, 0.1) is 0 Å². The third-order valence-corrected chi connectivity index (χ3v) is 4.68. The largest absolute Gasteiger partial charge is 0.457 e. The van der Waals surface area contributed by atoms with Crippen molar-refractivity contribution < 1.29 is 13.9 Å². The van der Waals surface area contributed by atoms with E-state index in [1.165, 1.54) is 0 Å². The first-order valence-corrected chi connectivity index (χ1v) is 9.18. The number of aliphatic imine (C=N–C) groups is 1. The van der Waals surface area contributed by atoms with Crippen LogP contribution in [0.25, 0.3) is 17.4 Å². The van der Waals surface area contributed by atoms with Gasteiger partial charge in [0.25, 0.3) is 0 Å². The Morgan fingerprint density at radius 1 is 1.00 bits per heavy atom. The molecule has 0 aliphatic carbocycles. The highest BCUT2D eigenvalue weighted by Gasteiger charge is 2.24. The van der Waals surface area contributed by atoms with Crippen LogP contribution in [0.4, 0.5) is 0 Å². The summed E-state index contributed by atoms with van der Waals surface area (Å²) >= 11 is 8.22. The fourth-order valence-electron chi connectivity index (χ4n) is 2.49. The van der Waals surface area contributed by atoms with Crippen molar-refractivity contribution in [2.45, 2.75) is 0 Å². The lowest BCUT2D eigenvalue weighted by Crippen LogP contribution is -2.05. The molecule has 0 N–H and O–H groups in total. The van der Waals surface area contributed by atoms with Gasteiger partial charge in [0.15, 0.2) is 5.70 Å². The number of esters is 1. The van der Waals surface area contributed by atoms with Gasteiger partial charge in [-0.25, -0.2) is 9.79 Å². The minimum atomic E-state index is -0.501. The van der Waals surface area contributed by atoms with E-state index in [1.807, 2.05) is 48.5 Å². The Hall–Kier alpha value is -2.38. The number of furan rings is 1. The minimum Gasteiger partial charge on any atom is -0.457 e. The number of halogens is 2. The number of benzene rings is 2. The molecule has 26 heavy (non-hydrogen) atoms. The molecule has 0 radical (unpaired) electrons. The van der Waals surface area contributed by atoms with Gasteiger partial charge in [-0.05, 0) is 71.1 Å². The predicted octanol–water partition coefficient (Wildman–Crippen LogP) is 5.55. The van der Waals surface area contributed by atoms with Crippen LogP contribution in [-0.4, -0.2) is 11.9 Å². The monoisotopic (exact) mass is 475 g/mol. The van der Waals surface area contributed by atoms with Gasteiger partial charge in [0.2, 0.25) is 5.90 Å². The zero-order valence-corrected chi connectivity index (χ0v) is 16.2. The molecule has 0 amide bonds. The lowest BCUT2D eigenvalue weighted by atomic mass is 10.2. The zero-order valence-electron chi connectivity index (χ0n) is 13.3. The third kappa shape index (κ3) is 3.59. The van der Waals surface area contributed by atoms with Crippen LogP contribution >= 0.6 is 34.2 Å². The van der Waals surface area contributed by atoms with E-state index in [-0.39, 0.29) is 5.70 Å². The molecule has 1 aromatic heterocycles. The smallest absolute Gasteiger partial charge is 0.363 e. The molecule has 4 rings (SSSR count). The number of rotatable bonds is 3. The SMILES string of the molecule is O=C1OC(c2ccc(I)cc2)=N/C1=C\c1ccc(-c2cccc(Cl)c2)o1. The molecule has 0 saturated heterocycles. The molecule has 2 heterocycles. The molecule has 6 heteroatoms. The van der Waals surface area contributed by atoms with Crippen molar-refractivity contribution in [2.24, 2.45) is 4.99 Å². The Kier molecular flexibility index (Phi) is 4.65. The molecule has 0 fully saturated rings. The molecular formula is C20H11ClINO3. The van der Waals surface area contributed by atoms with E-state index in [2.05, 4.69) is 27.6 Å². The van der Waals surface area contributed by atoms with Gasteiger partial charge in [-0.15, -0.1) is 0 Å². The van der Waals surface area contributed by atoms with Crippen molar-refractivity contribution in [3.63, 3.8) is 0 Å². The van der Waals surface area contributed by atoms with E-state index in [9.17, 15) is 4.79 Å². The second kappa shape index (κ2) is 7.09. The summed E-state index contributed by atoms with van der Waals surface area (Å²) in [6.07, 6.45) is 1.57. The van der Waals surface area contributed by atoms with Crippen molar-refractivity contribution in [1.82, 2.24) is 0 Å². The number of carbonyl (C=O) groups is 1. The average molecular weight is 476 g/mol. The number of nitrogens with zero attached hydrogens (tertiary/aromatic N) is 1. The molecule has 1 aliphatic heterocycles. The number of carbonyl (C=O) groups excluding carboxylic acids is 1. The predicted molar refractivity (Wildman–Crippen MR) is 109 cm³/mol. The van der Waals surface area contributed by atoms with Crippen LogP contribution in [0, 0.1) is 3.57 Å². The number of cyclic esters (lactones) is 1. The molecule has 3 aromatic rings. The summed E-state index contributed by atoms with van der Waals surface area (Å²) in [5, 5.41) is 0.630. The van der Waals surface area contributed by atoms with Gasteiger partial charge in [0, 0.05) is 25.8 Å². The van der Waals surface area contributed by atoms with E-state index in [0.29, 0.717) is 22.4 Å². The second-order valence-corrected chi connectivity index (χ2v) is 7.24. The summed E-state index contributed by atoms with van der Waals surface area (Å²) in [4.78, 5) is 16.4. The highest BCUT2D eigenvalue weighted by atomic mass is 127. The molecule has 0 unspecified atom stereocenters. The first-order valence-electron chi connectivity index (χ1n) is 7.73. The fraction of sp³-hybridized carbons (Fsp3) is 0. The Bertz CT molecular complexity index is 1050. The zero-order chi connectivity index (χ0) is 18.1. The summed E-state index contributed by atoms with van der Waals surface area (Å²) in [5.41, 5.74) is 1.81. The maximum atomic E-state index is 12.1. The maximum absolute atomic E-state index is 12.1. The van der Waals surface area contributed by atoms with E-state index < -0.39 is 5.97 Å². The number of ether oxygens (including phenoxy) is 1. The van der Waals surface area contributed by atoms with Crippen LogP contribution in [0.3, 0.4) is 0 Å². The van der Waals surface area contributed by atoms with Gasteiger partial charge in [-0.3, -0.25) is 0 Å². The van der Waals surface area contributed by atoms with Crippen molar-refractivity contribution in [1.29, 1.82) is 0 Å². The molecule has 1 aliphatic rings. The standard InChI is InChI=1S/C20H11ClINO3/c21-14-3-1-2-13(10-14)18-9-8-16(25-18)11-17-20(24)26-19(23-17)12-4-6-15(22)7-5-12/h1-11H/b17-11-. The molecule has 128 valence electrons. The average Bonchev–Trinajstić information content (AvgIpc) is 3.23. The van der Waals surface area contributed by atoms with Crippen molar-refractivity contribution in [3.8, 4) is 11.3 Å². The van der Waals surface area contributed by atoms with Crippen molar-refractivity contribution >= 4 is 52.1 Å².